The molecule has 0 spiro atoms. The summed E-state index contributed by atoms with van der Waals surface area (Å²) in [7, 11) is 0. The molecule has 1 saturated carbocycles. The Morgan fingerprint density at radius 3 is 2.67 bits per heavy atom. The zero-order chi connectivity index (χ0) is 18.8. The van der Waals surface area contributed by atoms with E-state index in [2.05, 4.69) is 0 Å². The maximum absolute atomic E-state index is 12.8. The van der Waals surface area contributed by atoms with Gasteiger partial charge in [0.15, 0.2) is 0 Å². The molecule has 1 aromatic carbocycles. The molecule has 2 aromatic rings. The fourth-order valence-corrected chi connectivity index (χ4v) is 4.28. The minimum absolute atomic E-state index is 0.0638. The van der Waals surface area contributed by atoms with Gasteiger partial charge in [0.1, 0.15) is 4.88 Å². The maximum Gasteiger partial charge on any atom is 0.348 e. The molecule has 2 fully saturated rings. The molecule has 5 nitrogen and oxygen atoms in total. The second-order valence-electron chi connectivity index (χ2n) is 6.96. The third-order valence-corrected chi connectivity index (χ3v) is 6.14. The lowest BCUT2D eigenvalue weighted by atomic mass is 10.1. The fourth-order valence-electron chi connectivity index (χ4n) is 3.38. The van der Waals surface area contributed by atoms with Crippen molar-refractivity contribution in [2.24, 2.45) is 5.92 Å². The van der Waals surface area contributed by atoms with Crippen LogP contribution in [0.5, 0.6) is 0 Å². The lowest BCUT2D eigenvalue weighted by molar-refractivity contribution is -0.0313. The Kier molecular flexibility index (Phi) is 5.27. The highest BCUT2D eigenvalue weighted by atomic mass is 32.1. The summed E-state index contributed by atoms with van der Waals surface area (Å²) in [4.78, 5) is 28.1. The molecule has 1 aromatic heterocycles. The van der Waals surface area contributed by atoms with E-state index in [4.69, 9.17) is 9.47 Å². The van der Waals surface area contributed by atoms with E-state index in [0.717, 1.165) is 10.4 Å². The van der Waals surface area contributed by atoms with Gasteiger partial charge in [-0.25, -0.2) is 4.79 Å². The van der Waals surface area contributed by atoms with Crippen molar-refractivity contribution in [3.05, 3.63) is 46.8 Å². The molecular formula is C21H23NO4S. The van der Waals surface area contributed by atoms with Crippen LogP contribution in [0.4, 0.5) is 0 Å². The third-order valence-electron chi connectivity index (χ3n) is 5.03. The number of carbonyl (C=O) groups is 2. The van der Waals surface area contributed by atoms with E-state index in [1.807, 2.05) is 35.2 Å². The van der Waals surface area contributed by atoms with E-state index in [9.17, 15) is 9.59 Å². The van der Waals surface area contributed by atoms with Crippen LogP contribution < -0.4 is 0 Å². The zero-order valence-electron chi connectivity index (χ0n) is 15.3. The molecule has 0 N–H and O–H groups in total. The van der Waals surface area contributed by atoms with Crippen LogP contribution in [-0.2, 0) is 9.47 Å². The van der Waals surface area contributed by atoms with E-state index in [1.54, 1.807) is 13.0 Å². The summed E-state index contributed by atoms with van der Waals surface area (Å²) in [5.41, 5.74) is 1.68. The van der Waals surface area contributed by atoms with E-state index in [-0.39, 0.29) is 18.0 Å². The first kappa shape index (κ1) is 18.2. The van der Waals surface area contributed by atoms with Gasteiger partial charge in [0.05, 0.1) is 19.3 Å². The first-order valence-corrected chi connectivity index (χ1v) is 10.3. The molecule has 6 heteroatoms. The van der Waals surface area contributed by atoms with Crippen molar-refractivity contribution in [2.75, 3.05) is 26.3 Å². The Morgan fingerprint density at radius 1 is 1.19 bits per heavy atom. The highest BCUT2D eigenvalue weighted by Gasteiger charge is 2.36. The van der Waals surface area contributed by atoms with Crippen LogP contribution in [0.1, 0.15) is 39.8 Å². The molecule has 1 amide bonds. The zero-order valence-corrected chi connectivity index (χ0v) is 16.2. The summed E-state index contributed by atoms with van der Waals surface area (Å²) < 4.78 is 10.8. The fraction of sp³-hybridized carbons (Fsp3) is 0.429. The van der Waals surface area contributed by atoms with E-state index >= 15 is 0 Å². The number of rotatable bonds is 5. The second-order valence-corrected chi connectivity index (χ2v) is 8.04. The molecule has 2 heterocycles. The molecule has 0 bridgehead atoms. The van der Waals surface area contributed by atoms with Crippen LogP contribution in [0.25, 0.3) is 10.4 Å². The third kappa shape index (κ3) is 4.06. The minimum atomic E-state index is -0.293. The van der Waals surface area contributed by atoms with Gasteiger partial charge in [-0.05, 0) is 55.5 Å². The average Bonchev–Trinajstić information content (AvgIpc) is 3.44. The summed E-state index contributed by atoms with van der Waals surface area (Å²) in [6.07, 6.45) is 2.64. The molecule has 1 aliphatic carbocycles. The molecule has 1 saturated heterocycles. The highest BCUT2D eigenvalue weighted by Crippen LogP contribution is 2.36. The number of thiophene rings is 1. The van der Waals surface area contributed by atoms with E-state index < -0.39 is 0 Å². The van der Waals surface area contributed by atoms with Crippen molar-refractivity contribution in [1.82, 2.24) is 4.90 Å². The Hall–Kier alpha value is -2.18. The summed E-state index contributed by atoms with van der Waals surface area (Å²) in [5, 5.41) is 0. The number of esters is 1. The lowest BCUT2D eigenvalue weighted by Gasteiger charge is -2.33. The first-order chi connectivity index (χ1) is 13.2. The van der Waals surface area contributed by atoms with Crippen molar-refractivity contribution >= 4 is 23.2 Å². The topological polar surface area (TPSA) is 55.8 Å². The summed E-state index contributed by atoms with van der Waals surface area (Å²) in [6.45, 7) is 4.13. The van der Waals surface area contributed by atoms with Gasteiger partial charge in [-0.3, -0.25) is 4.79 Å². The Bertz CT molecular complexity index is 825. The lowest BCUT2D eigenvalue weighted by Crippen LogP contribution is -2.46. The van der Waals surface area contributed by atoms with Gasteiger partial charge in [-0.2, -0.15) is 0 Å². The summed E-state index contributed by atoms with van der Waals surface area (Å²) in [5.74, 6) is 0.405. The van der Waals surface area contributed by atoms with Crippen LogP contribution in [0.3, 0.4) is 0 Å². The van der Waals surface area contributed by atoms with Gasteiger partial charge in [0, 0.05) is 23.5 Å². The van der Waals surface area contributed by atoms with Gasteiger partial charge in [0.2, 0.25) is 0 Å². The monoisotopic (exact) mass is 385 g/mol. The number of amides is 1. The number of hydrogen-bond acceptors (Lipinski definition) is 5. The van der Waals surface area contributed by atoms with Gasteiger partial charge in [0.25, 0.3) is 5.91 Å². The number of benzene rings is 1. The molecule has 1 aliphatic heterocycles. The number of morpholine rings is 1. The van der Waals surface area contributed by atoms with Crippen LogP contribution in [0.2, 0.25) is 0 Å². The Labute approximate surface area is 162 Å². The average molecular weight is 385 g/mol. The molecular weight excluding hydrogens is 362 g/mol. The van der Waals surface area contributed by atoms with E-state index in [1.165, 1.54) is 24.2 Å². The highest BCUT2D eigenvalue weighted by molar-refractivity contribution is 7.17. The van der Waals surface area contributed by atoms with Gasteiger partial charge < -0.3 is 14.4 Å². The summed E-state index contributed by atoms with van der Waals surface area (Å²) >= 11 is 1.40. The standard InChI is InChI=1S/C21H23NO4S/c1-2-25-21(24)19-10-9-18(27-19)15-5-7-16(8-6-15)20(23)22-11-12-26-17(13-22)14-3-4-14/h5-10,14,17H,2-4,11-13H2,1H3/t17-/m1/s1. The first-order valence-electron chi connectivity index (χ1n) is 9.44. The molecule has 1 atom stereocenters. The predicted octanol–water partition coefficient (Wildman–Crippen LogP) is 3.84. The van der Waals surface area contributed by atoms with Crippen molar-refractivity contribution in [2.45, 2.75) is 25.9 Å². The Morgan fingerprint density at radius 2 is 1.96 bits per heavy atom. The van der Waals surface area contributed by atoms with Crippen molar-refractivity contribution < 1.29 is 19.1 Å². The van der Waals surface area contributed by atoms with Crippen LogP contribution in [0, 0.1) is 5.92 Å². The van der Waals surface area contributed by atoms with E-state index in [0.29, 0.717) is 42.7 Å². The molecule has 4 rings (SSSR count). The van der Waals surface area contributed by atoms with Crippen LogP contribution in [-0.4, -0.2) is 49.2 Å². The van der Waals surface area contributed by atoms with Gasteiger partial charge in [-0.1, -0.05) is 12.1 Å². The van der Waals surface area contributed by atoms with Gasteiger partial charge >= 0.3 is 5.97 Å². The summed E-state index contributed by atoms with van der Waals surface area (Å²) in [6, 6.07) is 11.3. The smallest absolute Gasteiger partial charge is 0.348 e. The molecule has 142 valence electrons. The number of ether oxygens (including phenoxy) is 2. The van der Waals surface area contributed by atoms with Crippen molar-refractivity contribution in [3.63, 3.8) is 0 Å². The Balaban J connectivity index is 1.44. The van der Waals surface area contributed by atoms with Gasteiger partial charge in [-0.15, -0.1) is 11.3 Å². The minimum Gasteiger partial charge on any atom is -0.462 e. The predicted molar refractivity (Wildman–Crippen MR) is 104 cm³/mol. The largest absolute Gasteiger partial charge is 0.462 e. The SMILES string of the molecule is CCOC(=O)c1ccc(-c2ccc(C(=O)N3CCO[C@@H](C4CC4)C3)cc2)s1. The number of hydrogen-bond donors (Lipinski definition) is 0. The molecule has 0 radical (unpaired) electrons. The second kappa shape index (κ2) is 7.82. The number of carbonyl (C=O) groups excluding carboxylic acids is 2. The quantitative estimate of drug-likeness (QED) is 0.734. The molecule has 27 heavy (non-hydrogen) atoms. The van der Waals surface area contributed by atoms with Crippen molar-refractivity contribution in [1.29, 1.82) is 0 Å². The maximum atomic E-state index is 12.8. The molecule has 0 unspecified atom stereocenters. The number of nitrogens with zero attached hydrogens (tertiary/aromatic N) is 1. The normalized spacial score (nSPS) is 19.7. The van der Waals surface area contributed by atoms with Crippen LogP contribution in [0.15, 0.2) is 36.4 Å². The van der Waals surface area contributed by atoms with Crippen LogP contribution >= 0.6 is 11.3 Å². The molecule has 2 aliphatic rings. The van der Waals surface area contributed by atoms with Crippen molar-refractivity contribution in [3.8, 4) is 10.4 Å².